The molecule has 0 saturated carbocycles. The van der Waals surface area contributed by atoms with Crippen LogP contribution in [0.3, 0.4) is 0 Å². The van der Waals surface area contributed by atoms with Gasteiger partial charge in [-0.05, 0) is 32.9 Å². The highest BCUT2D eigenvalue weighted by atomic mass is 16.5. The summed E-state index contributed by atoms with van der Waals surface area (Å²) in [4.78, 5) is 13.4. The fourth-order valence-corrected chi connectivity index (χ4v) is 2.05. The van der Waals surface area contributed by atoms with E-state index in [0.29, 0.717) is 26.4 Å². The van der Waals surface area contributed by atoms with E-state index in [1.807, 2.05) is 39.0 Å². The molecule has 0 fully saturated rings. The standard InChI is InChI=1S/C16H25NO3/c1-4-19-10-8-17(9-11-20-5-2)16-7-6-14(3)12-15(16)13-18/h6-7,12-13H,4-5,8-11H2,1-3H3. The number of carbonyl (C=O) groups is 1. The van der Waals surface area contributed by atoms with Gasteiger partial charge >= 0.3 is 0 Å². The van der Waals surface area contributed by atoms with Crippen molar-refractivity contribution in [3.63, 3.8) is 0 Å². The Bertz CT molecular complexity index is 397. The van der Waals surface area contributed by atoms with Gasteiger partial charge in [-0.2, -0.15) is 0 Å². The van der Waals surface area contributed by atoms with Crippen LogP contribution in [0.1, 0.15) is 29.8 Å². The summed E-state index contributed by atoms with van der Waals surface area (Å²) in [7, 11) is 0. The molecule has 0 saturated heterocycles. The van der Waals surface area contributed by atoms with Crippen molar-refractivity contribution in [1.82, 2.24) is 0 Å². The third kappa shape index (κ3) is 5.31. The first-order valence-electron chi connectivity index (χ1n) is 7.19. The molecule has 0 amide bonds. The maximum atomic E-state index is 11.3. The number of hydrogen-bond acceptors (Lipinski definition) is 4. The van der Waals surface area contributed by atoms with E-state index in [2.05, 4.69) is 4.90 Å². The molecule has 0 heterocycles. The summed E-state index contributed by atoms with van der Waals surface area (Å²) < 4.78 is 10.8. The number of aldehydes is 1. The Hall–Kier alpha value is -1.39. The molecule has 0 radical (unpaired) electrons. The predicted octanol–water partition coefficient (Wildman–Crippen LogP) is 2.69. The molecule has 20 heavy (non-hydrogen) atoms. The normalized spacial score (nSPS) is 10.6. The van der Waals surface area contributed by atoms with Crippen molar-refractivity contribution in [3.8, 4) is 0 Å². The van der Waals surface area contributed by atoms with E-state index in [4.69, 9.17) is 9.47 Å². The number of aryl methyl sites for hydroxylation is 1. The SMILES string of the molecule is CCOCCN(CCOCC)c1ccc(C)cc1C=O. The second kappa shape index (κ2) is 9.50. The van der Waals surface area contributed by atoms with Gasteiger partial charge in [-0.25, -0.2) is 0 Å². The summed E-state index contributed by atoms with van der Waals surface area (Å²) in [5.74, 6) is 0. The average molecular weight is 279 g/mol. The van der Waals surface area contributed by atoms with Crippen LogP contribution in [-0.4, -0.2) is 45.8 Å². The predicted molar refractivity (Wildman–Crippen MR) is 81.8 cm³/mol. The molecule has 0 bridgehead atoms. The number of rotatable bonds is 10. The van der Waals surface area contributed by atoms with Crippen molar-refractivity contribution >= 4 is 12.0 Å². The van der Waals surface area contributed by atoms with Crippen molar-refractivity contribution in [2.24, 2.45) is 0 Å². The molecular weight excluding hydrogens is 254 g/mol. The van der Waals surface area contributed by atoms with Crippen LogP contribution >= 0.6 is 0 Å². The summed E-state index contributed by atoms with van der Waals surface area (Å²) in [6, 6.07) is 5.93. The van der Waals surface area contributed by atoms with Crippen LogP contribution < -0.4 is 4.90 Å². The molecule has 0 atom stereocenters. The zero-order chi connectivity index (χ0) is 14.8. The van der Waals surface area contributed by atoms with Gasteiger partial charge in [0, 0.05) is 37.6 Å². The quantitative estimate of drug-likeness (QED) is 0.487. The first kappa shape index (κ1) is 16.7. The monoisotopic (exact) mass is 279 g/mol. The first-order valence-corrected chi connectivity index (χ1v) is 7.19. The van der Waals surface area contributed by atoms with Crippen molar-refractivity contribution in [3.05, 3.63) is 29.3 Å². The van der Waals surface area contributed by atoms with E-state index in [-0.39, 0.29) is 0 Å². The Morgan fingerprint density at radius 1 is 1.10 bits per heavy atom. The summed E-state index contributed by atoms with van der Waals surface area (Å²) in [5, 5.41) is 0. The van der Waals surface area contributed by atoms with Crippen molar-refractivity contribution in [1.29, 1.82) is 0 Å². The molecular formula is C16H25NO3. The van der Waals surface area contributed by atoms with Gasteiger partial charge in [0.05, 0.1) is 13.2 Å². The number of ether oxygens (including phenoxy) is 2. The fourth-order valence-electron chi connectivity index (χ4n) is 2.05. The minimum Gasteiger partial charge on any atom is -0.380 e. The summed E-state index contributed by atoms with van der Waals surface area (Å²) in [5.41, 5.74) is 2.76. The zero-order valence-corrected chi connectivity index (χ0v) is 12.7. The Morgan fingerprint density at radius 3 is 2.20 bits per heavy atom. The number of hydrogen-bond donors (Lipinski definition) is 0. The first-order chi connectivity index (χ1) is 9.72. The van der Waals surface area contributed by atoms with Crippen LogP contribution in [0.4, 0.5) is 5.69 Å². The van der Waals surface area contributed by atoms with Crippen LogP contribution in [0, 0.1) is 6.92 Å². The lowest BCUT2D eigenvalue weighted by Crippen LogP contribution is -2.32. The Labute approximate surface area is 121 Å². The second-order valence-electron chi connectivity index (χ2n) is 4.56. The molecule has 1 rings (SSSR count). The van der Waals surface area contributed by atoms with Crippen LogP contribution in [0.25, 0.3) is 0 Å². The fraction of sp³-hybridized carbons (Fsp3) is 0.562. The van der Waals surface area contributed by atoms with E-state index in [1.165, 1.54) is 0 Å². The van der Waals surface area contributed by atoms with Gasteiger partial charge in [-0.15, -0.1) is 0 Å². The zero-order valence-electron chi connectivity index (χ0n) is 12.7. The Morgan fingerprint density at radius 2 is 1.70 bits per heavy atom. The molecule has 0 N–H and O–H groups in total. The van der Waals surface area contributed by atoms with Crippen LogP contribution in [0.5, 0.6) is 0 Å². The van der Waals surface area contributed by atoms with Gasteiger partial charge in [0.2, 0.25) is 0 Å². The minimum absolute atomic E-state index is 0.648. The van der Waals surface area contributed by atoms with Crippen LogP contribution in [-0.2, 0) is 9.47 Å². The average Bonchev–Trinajstić information content (AvgIpc) is 2.46. The minimum atomic E-state index is 0.648. The van der Waals surface area contributed by atoms with E-state index < -0.39 is 0 Å². The molecule has 0 aliphatic heterocycles. The van der Waals surface area contributed by atoms with Crippen molar-refractivity contribution in [2.45, 2.75) is 20.8 Å². The van der Waals surface area contributed by atoms with Crippen LogP contribution in [0.2, 0.25) is 0 Å². The largest absolute Gasteiger partial charge is 0.380 e. The van der Waals surface area contributed by atoms with E-state index in [9.17, 15) is 4.79 Å². The Balaban J connectivity index is 2.81. The van der Waals surface area contributed by atoms with Crippen molar-refractivity contribution < 1.29 is 14.3 Å². The topological polar surface area (TPSA) is 38.8 Å². The van der Waals surface area contributed by atoms with E-state index in [0.717, 1.165) is 36.2 Å². The third-order valence-electron chi connectivity index (χ3n) is 3.07. The molecule has 112 valence electrons. The lowest BCUT2D eigenvalue weighted by atomic mass is 10.1. The smallest absolute Gasteiger partial charge is 0.152 e. The summed E-state index contributed by atoms with van der Waals surface area (Å²) >= 11 is 0. The van der Waals surface area contributed by atoms with E-state index in [1.54, 1.807) is 0 Å². The third-order valence-corrected chi connectivity index (χ3v) is 3.07. The second-order valence-corrected chi connectivity index (χ2v) is 4.56. The van der Waals surface area contributed by atoms with Gasteiger partial charge in [0.1, 0.15) is 0 Å². The van der Waals surface area contributed by atoms with Gasteiger partial charge in [-0.1, -0.05) is 11.6 Å². The molecule has 1 aromatic carbocycles. The lowest BCUT2D eigenvalue weighted by Gasteiger charge is -2.26. The summed E-state index contributed by atoms with van der Waals surface area (Å²) in [6.07, 6.45) is 0.913. The highest BCUT2D eigenvalue weighted by Gasteiger charge is 2.11. The maximum absolute atomic E-state index is 11.3. The van der Waals surface area contributed by atoms with Gasteiger partial charge in [-0.3, -0.25) is 4.79 Å². The van der Waals surface area contributed by atoms with Gasteiger partial charge < -0.3 is 14.4 Å². The van der Waals surface area contributed by atoms with Crippen LogP contribution in [0.15, 0.2) is 18.2 Å². The van der Waals surface area contributed by atoms with Crippen molar-refractivity contribution in [2.75, 3.05) is 44.4 Å². The molecule has 0 aliphatic rings. The van der Waals surface area contributed by atoms with E-state index >= 15 is 0 Å². The molecule has 4 nitrogen and oxygen atoms in total. The maximum Gasteiger partial charge on any atom is 0.152 e. The lowest BCUT2D eigenvalue weighted by molar-refractivity contribution is 0.112. The van der Waals surface area contributed by atoms with Gasteiger partial charge in [0.25, 0.3) is 0 Å². The molecule has 0 aromatic heterocycles. The number of carbonyl (C=O) groups excluding carboxylic acids is 1. The Kier molecular flexibility index (Phi) is 7.92. The van der Waals surface area contributed by atoms with Gasteiger partial charge in [0.15, 0.2) is 6.29 Å². The molecule has 4 heteroatoms. The summed E-state index contributed by atoms with van der Waals surface area (Å²) in [6.45, 7) is 10.2. The highest BCUT2D eigenvalue weighted by Crippen LogP contribution is 2.20. The highest BCUT2D eigenvalue weighted by molar-refractivity contribution is 5.85. The molecule has 0 unspecified atom stereocenters. The molecule has 0 aliphatic carbocycles. The molecule has 1 aromatic rings. The molecule has 0 spiro atoms. The number of nitrogens with zero attached hydrogens (tertiary/aromatic N) is 1. The number of benzene rings is 1. The number of anilines is 1.